The quantitative estimate of drug-likeness (QED) is 0.744. The van der Waals surface area contributed by atoms with Crippen LogP contribution in [-0.4, -0.2) is 37.2 Å². The molecular weight excluding hydrogens is 369 g/mol. The first-order chi connectivity index (χ1) is 14.0. The Morgan fingerprint density at radius 2 is 1.72 bits per heavy atom. The van der Waals surface area contributed by atoms with Gasteiger partial charge in [0.05, 0.1) is 19.3 Å². The highest BCUT2D eigenvalue weighted by Gasteiger charge is 2.19. The third kappa shape index (κ3) is 6.27. The second kappa shape index (κ2) is 10.4. The minimum Gasteiger partial charge on any atom is -0.379 e. The highest BCUT2D eigenvalue weighted by atomic mass is 19.1. The van der Waals surface area contributed by atoms with Crippen LogP contribution in [0.2, 0.25) is 0 Å². The van der Waals surface area contributed by atoms with Crippen LogP contribution in [0.15, 0.2) is 48.5 Å². The van der Waals surface area contributed by atoms with Crippen molar-refractivity contribution in [1.82, 2.24) is 15.5 Å². The molecule has 5 nitrogen and oxygen atoms in total. The number of carbonyl (C=O) groups excluding carboxylic acids is 1. The SMILES string of the molecule is CC(C)C(NC(=O)NCc1ccccc1CN1CCOCC1)c1ccc(F)cc1. The molecule has 1 atom stereocenters. The van der Waals surface area contributed by atoms with E-state index in [1.165, 1.54) is 17.7 Å². The van der Waals surface area contributed by atoms with Crippen LogP contribution in [0, 0.1) is 11.7 Å². The molecule has 0 spiro atoms. The summed E-state index contributed by atoms with van der Waals surface area (Å²) in [6.45, 7) is 8.77. The lowest BCUT2D eigenvalue weighted by atomic mass is 9.96. The summed E-state index contributed by atoms with van der Waals surface area (Å²) in [5, 5.41) is 6.00. The number of hydrogen-bond acceptors (Lipinski definition) is 3. The van der Waals surface area contributed by atoms with Gasteiger partial charge in [-0.15, -0.1) is 0 Å². The van der Waals surface area contributed by atoms with Crippen molar-refractivity contribution in [2.75, 3.05) is 26.3 Å². The molecule has 156 valence electrons. The van der Waals surface area contributed by atoms with Crippen molar-refractivity contribution in [2.45, 2.75) is 33.0 Å². The van der Waals surface area contributed by atoms with Crippen molar-refractivity contribution in [3.05, 3.63) is 71.0 Å². The Labute approximate surface area is 172 Å². The number of amides is 2. The summed E-state index contributed by atoms with van der Waals surface area (Å²) in [5.74, 6) is -0.0996. The molecule has 1 aliphatic heterocycles. The van der Waals surface area contributed by atoms with Gasteiger partial charge in [-0.3, -0.25) is 4.90 Å². The van der Waals surface area contributed by atoms with Crippen LogP contribution in [0.1, 0.15) is 36.6 Å². The summed E-state index contributed by atoms with van der Waals surface area (Å²) in [5.41, 5.74) is 3.22. The Bertz CT molecular complexity index is 789. The van der Waals surface area contributed by atoms with Crippen molar-refractivity contribution in [2.24, 2.45) is 5.92 Å². The summed E-state index contributed by atoms with van der Waals surface area (Å²) in [4.78, 5) is 14.9. The highest BCUT2D eigenvalue weighted by molar-refractivity contribution is 5.74. The third-order valence-corrected chi connectivity index (χ3v) is 5.24. The average molecular weight is 400 g/mol. The number of carbonyl (C=O) groups is 1. The number of rotatable bonds is 7. The van der Waals surface area contributed by atoms with Gasteiger partial charge < -0.3 is 15.4 Å². The predicted octanol–water partition coefficient (Wildman–Crippen LogP) is 3.85. The molecule has 1 heterocycles. The number of ether oxygens (including phenoxy) is 1. The molecule has 0 radical (unpaired) electrons. The fourth-order valence-electron chi connectivity index (χ4n) is 3.56. The molecule has 1 unspecified atom stereocenters. The highest BCUT2D eigenvalue weighted by Crippen LogP contribution is 2.22. The van der Waals surface area contributed by atoms with Crippen LogP contribution in [0.5, 0.6) is 0 Å². The zero-order valence-electron chi connectivity index (χ0n) is 17.2. The van der Waals surface area contributed by atoms with E-state index < -0.39 is 0 Å². The van der Waals surface area contributed by atoms with Crippen molar-refractivity contribution in [1.29, 1.82) is 0 Å². The van der Waals surface area contributed by atoms with Crippen LogP contribution in [0.3, 0.4) is 0 Å². The number of nitrogens with zero attached hydrogens (tertiary/aromatic N) is 1. The molecule has 1 saturated heterocycles. The number of benzene rings is 2. The maximum absolute atomic E-state index is 13.2. The van der Waals surface area contributed by atoms with Crippen LogP contribution < -0.4 is 10.6 Å². The number of hydrogen-bond donors (Lipinski definition) is 2. The van der Waals surface area contributed by atoms with Crippen LogP contribution in [0.4, 0.5) is 9.18 Å². The van der Waals surface area contributed by atoms with E-state index in [4.69, 9.17) is 4.74 Å². The van der Waals surface area contributed by atoms with E-state index in [-0.39, 0.29) is 23.8 Å². The maximum Gasteiger partial charge on any atom is 0.315 e. The molecule has 1 fully saturated rings. The number of urea groups is 1. The van der Waals surface area contributed by atoms with E-state index in [9.17, 15) is 9.18 Å². The van der Waals surface area contributed by atoms with Gasteiger partial charge in [-0.1, -0.05) is 50.2 Å². The Morgan fingerprint density at radius 3 is 2.38 bits per heavy atom. The lowest BCUT2D eigenvalue weighted by Crippen LogP contribution is -2.40. The molecule has 2 N–H and O–H groups in total. The van der Waals surface area contributed by atoms with Crippen molar-refractivity contribution < 1.29 is 13.9 Å². The summed E-state index contributed by atoms with van der Waals surface area (Å²) >= 11 is 0. The number of morpholine rings is 1. The van der Waals surface area contributed by atoms with Gasteiger partial charge in [0.15, 0.2) is 0 Å². The molecule has 2 amide bonds. The minimum atomic E-state index is -0.280. The number of halogens is 1. The Morgan fingerprint density at radius 1 is 1.07 bits per heavy atom. The van der Waals surface area contributed by atoms with Crippen molar-refractivity contribution >= 4 is 6.03 Å². The predicted molar refractivity (Wildman–Crippen MR) is 112 cm³/mol. The Kier molecular flexibility index (Phi) is 7.61. The van der Waals surface area contributed by atoms with Gasteiger partial charge in [-0.2, -0.15) is 0 Å². The van der Waals surface area contributed by atoms with Gasteiger partial charge >= 0.3 is 6.03 Å². The van der Waals surface area contributed by atoms with E-state index in [0.29, 0.717) is 6.54 Å². The lowest BCUT2D eigenvalue weighted by molar-refractivity contribution is 0.0341. The molecule has 6 heteroatoms. The van der Waals surface area contributed by atoms with Crippen molar-refractivity contribution in [3.63, 3.8) is 0 Å². The topological polar surface area (TPSA) is 53.6 Å². The van der Waals surface area contributed by atoms with E-state index in [0.717, 1.165) is 44.0 Å². The first-order valence-corrected chi connectivity index (χ1v) is 10.2. The van der Waals surface area contributed by atoms with Gasteiger partial charge in [0.2, 0.25) is 0 Å². The maximum atomic E-state index is 13.2. The standard InChI is InChI=1S/C23H30FN3O2/c1-17(2)22(18-7-9-21(24)10-8-18)26-23(28)25-15-19-5-3-4-6-20(19)16-27-11-13-29-14-12-27/h3-10,17,22H,11-16H2,1-2H3,(H2,25,26,28). The largest absolute Gasteiger partial charge is 0.379 e. The third-order valence-electron chi connectivity index (χ3n) is 5.24. The van der Waals surface area contributed by atoms with Crippen LogP contribution in [0.25, 0.3) is 0 Å². The number of nitrogens with one attached hydrogen (secondary N) is 2. The first kappa shape index (κ1) is 21.3. The second-order valence-corrected chi connectivity index (χ2v) is 7.76. The molecule has 0 saturated carbocycles. The zero-order chi connectivity index (χ0) is 20.6. The fraction of sp³-hybridized carbons (Fsp3) is 0.435. The monoisotopic (exact) mass is 399 g/mol. The molecular formula is C23H30FN3O2. The Hall–Kier alpha value is -2.44. The van der Waals surface area contributed by atoms with E-state index in [1.54, 1.807) is 12.1 Å². The first-order valence-electron chi connectivity index (χ1n) is 10.2. The van der Waals surface area contributed by atoms with E-state index >= 15 is 0 Å². The van der Waals surface area contributed by atoms with Gasteiger partial charge in [0.1, 0.15) is 5.82 Å². The molecule has 1 aliphatic rings. The van der Waals surface area contributed by atoms with Crippen molar-refractivity contribution in [3.8, 4) is 0 Å². The second-order valence-electron chi connectivity index (χ2n) is 7.76. The summed E-state index contributed by atoms with van der Waals surface area (Å²) in [6.07, 6.45) is 0. The summed E-state index contributed by atoms with van der Waals surface area (Å²) < 4.78 is 18.6. The van der Waals surface area contributed by atoms with E-state index in [1.807, 2.05) is 26.0 Å². The van der Waals surface area contributed by atoms with Gasteiger partial charge in [-0.05, 0) is 34.7 Å². The molecule has 0 aliphatic carbocycles. The summed E-state index contributed by atoms with van der Waals surface area (Å²) in [7, 11) is 0. The molecule has 3 rings (SSSR count). The van der Waals surface area contributed by atoms with Gasteiger partial charge in [0, 0.05) is 26.2 Å². The smallest absolute Gasteiger partial charge is 0.315 e. The fourth-order valence-corrected chi connectivity index (χ4v) is 3.56. The van der Waals surface area contributed by atoms with Crippen LogP contribution in [-0.2, 0) is 17.8 Å². The lowest BCUT2D eigenvalue weighted by Gasteiger charge is -2.27. The zero-order valence-corrected chi connectivity index (χ0v) is 17.2. The molecule has 29 heavy (non-hydrogen) atoms. The van der Waals surface area contributed by atoms with E-state index in [2.05, 4.69) is 27.7 Å². The molecule has 0 bridgehead atoms. The summed E-state index contributed by atoms with van der Waals surface area (Å²) in [6, 6.07) is 14.1. The Balaban J connectivity index is 1.59. The normalized spacial score (nSPS) is 15.9. The molecule has 2 aromatic carbocycles. The molecule has 2 aromatic rings. The van der Waals surface area contributed by atoms with Gasteiger partial charge in [-0.25, -0.2) is 9.18 Å². The van der Waals surface area contributed by atoms with Crippen LogP contribution >= 0.6 is 0 Å². The molecule has 0 aromatic heterocycles. The van der Waals surface area contributed by atoms with Gasteiger partial charge in [0.25, 0.3) is 0 Å². The minimum absolute atomic E-state index is 0.180. The average Bonchev–Trinajstić information content (AvgIpc) is 2.73.